The molecule has 6 aliphatic carbocycles. The zero-order valence-corrected chi connectivity index (χ0v) is 36.8. The summed E-state index contributed by atoms with van der Waals surface area (Å²) in [4.78, 5) is 0. The van der Waals surface area contributed by atoms with Crippen LogP contribution in [0.4, 0.5) is 0 Å². The van der Waals surface area contributed by atoms with Gasteiger partial charge in [-0.3, -0.25) is 0 Å². The van der Waals surface area contributed by atoms with Crippen LogP contribution in [0.1, 0.15) is 205 Å². The fourth-order valence-electron chi connectivity index (χ4n) is 14.0. The van der Waals surface area contributed by atoms with Crippen LogP contribution in [0.15, 0.2) is 0 Å². The molecule has 0 aromatic heterocycles. The van der Waals surface area contributed by atoms with Crippen LogP contribution in [0.5, 0.6) is 0 Å². The Kier molecular flexibility index (Phi) is 17.8. The van der Waals surface area contributed by atoms with Crippen molar-refractivity contribution in [3.05, 3.63) is 0 Å². The fourth-order valence-corrected chi connectivity index (χ4v) is 37.6. The molecule has 6 aliphatic rings. The maximum atomic E-state index is 2.26. The van der Waals surface area contributed by atoms with Gasteiger partial charge in [0.1, 0.15) is 0 Å². The van der Waals surface area contributed by atoms with Gasteiger partial charge in [-0.2, -0.15) is 0 Å². The minimum atomic E-state index is -1.27. The summed E-state index contributed by atoms with van der Waals surface area (Å²) in [5.41, 5.74) is 7.20. The average molecular weight is 768 g/mol. The largest absolute Gasteiger partial charge is 0.0817 e. The molecule has 0 amide bonds. The maximum Gasteiger partial charge on any atom is 0.0629 e. The van der Waals surface area contributed by atoms with Crippen LogP contribution in [0, 0.1) is 0 Å². The van der Waals surface area contributed by atoms with Crippen LogP contribution < -0.4 is 0 Å². The Morgan fingerprint density at radius 2 is 0.500 bits per heavy atom. The van der Waals surface area contributed by atoms with E-state index in [0.29, 0.717) is 0 Å². The highest BCUT2D eigenvalue weighted by molar-refractivity contribution is 9.26. The highest BCUT2D eigenvalue weighted by Crippen LogP contribution is 2.61. The van der Waals surface area contributed by atoms with E-state index in [4.69, 9.17) is 0 Å². The number of hydrogen-bond acceptors (Lipinski definition) is 4. The Labute approximate surface area is 317 Å². The van der Waals surface area contributed by atoms with Gasteiger partial charge in [0.05, 0.1) is 16.1 Å². The highest BCUT2D eigenvalue weighted by Gasteiger charge is 2.53. The monoisotopic (exact) mass is 766 g/mol. The molecule has 0 aromatic rings. The Balaban J connectivity index is 0.978. The van der Waals surface area contributed by atoms with E-state index in [0.717, 1.165) is 0 Å². The molecule has 0 bridgehead atoms. The standard InChI is InChI=1S/C42H78S4Si2/c1-7-21-37(22-8-1)47(38-23-9-2-10-24-38,39-25-11-3-12-26-39)35-19-33-43-45-46-44-34-20-36-48(40-27-13-4-14-28-40,41-29-15-5-16-30-41)42-31-17-6-18-32-42/h37-42H,1-36H2. The molecule has 6 saturated carbocycles. The molecule has 0 atom stereocenters. The summed E-state index contributed by atoms with van der Waals surface area (Å²) in [6.45, 7) is 0. The van der Waals surface area contributed by atoms with Crippen molar-refractivity contribution in [3.8, 4) is 0 Å². The fraction of sp³-hybridized carbons (Fsp3) is 1.00. The first kappa shape index (κ1) is 39.5. The lowest BCUT2D eigenvalue weighted by atomic mass is 9.98. The summed E-state index contributed by atoms with van der Waals surface area (Å²) in [5.74, 6) is 2.86. The Bertz CT molecular complexity index is 689. The molecular formula is C42H78S4Si2. The van der Waals surface area contributed by atoms with Gasteiger partial charge in [-0.25, -0.2) is 0 Å². The maximum absolute atomic E-state index is 2.26. The van der Waals surface area contributed by atoms with Crippen LogP contribution in [0.3, 0.4) is 0 Å². The van der Waals surface area contributed by atoms with Crippen molar-refractivity contribution in [2.24, 2.45) is 0 Å². The first-order chi connectivity index (χ1) is 23.8. The van der Waals surface area contributed by atoms with Gasteiger partial charge in [0, 0.05) is 11.5 Å². The van der Waals surface area contributed by atoms with E-state index in [9.17, 15) is 0 Å². The van der Waals surface area contributed by atoms with Crippen molar-refractivity contribution >= 4 is 57.4 Å². The van der Waals surface area contributed by atoms with Crippen molar-refractivity contribution < 1.29 is 0 Å². The zero-order chi connectivity index (χ0) is 32.7. The second-order valence-corrected chi connectivity index (χ2v) is 34.8. The third-order valence-electron chi connectivity index (χ3n) is 16.0. The smallest absolute Gasteiger partial charge is 0.0629 e. The summed E-state index contributed by atoms with van der Waals surface area (Å²) >= 11 is 0. The van der Waals surface area contributed by atoms with E-state index >= 15 is 0 Å². The van der Waals surface area contributed by atoms with Crippen molar-refractivity contribution in [2.75, 3.05) is 11.5 Å². The van der Waals surface area contributed by atoms with Crippen molar-refractivity contribution in [1.29, 1.82) is 0 Å². The first-order valence-electron chi connectivity index (χ1n) is 22.4. The minimum absolute atomic E-state index is 1.20. The quantitative estimate of drug-likeness (QED) is 0.0821. The van der Waals surface area contributed by atoms with E-state index in [1.165, 1.54) is 44.8 Å². The molecule has 0 saturated heterocycles. The van der Waals surface area contributed by atoms with Gasteiger partial charge in [0.15, 0.2) is 0 Å². The lowest BCUT2D eigenvalue weighted by Gasteiger charge is -2.54. The molecule has 48 heavy (non-hydrogen) atoms. The number of hydrogen-bond donors (Lipinski definition) is 0. The van der Waals surface area contributed by atoms with Gasteiger partial charge < -0.3 is 0 Å². The summed E-state index contributed by atoms with van der Waals surface area (Å²) in [6.07, 6.45) is 50.9. The lowest BCUT2D eigenvalue weighted by molar-refractivity contribution is 0.412. The lowest BCUT2D eigenvalue weighted by Crippen LogP contribution is -2.51. The second-order valence-electron chi connectivity index (χ2n) is 18.2. The van der Waals surface area contributed by atoms with E-state index in [-0.39, 0.29) is 0 Å². The van der Waals surface area contributed by atoms with Gasteiger partial charge in [-0.1, -0.05) is 226 Å². The molecule has 0 radical (unpaired) electrons. The molecule has 0 aliphatic heterocycles. The molecule has 0 unspecified atom stereocenters. The van der Waals surface area contributed by atoms with E-state index in [1.54, 1.807) is 218 Å². The SMILES string of the molecule is C1CCC([Si](CCCSSSSCCC[Si](C2CCCCC2)(C2CCCCC2)C2CCCCC2)(C2CCCCC2)C2CCCCC2)CC1. The van der Waals surface area contributed by atoms with Crippen molar-refractivity contribution in [3.63, 3.8) is 0 Å². The summed E-state index contributed by atoms with van der Waals surface area (Å²) in [7, 11) is 6.32. The van der Waals surface area contributed by atoms with Crippen LogP contribution in [-0.4, -0.2) is 27.7 Å². The molecule has 6 heteroatoms. The second kappa shape index (κ2) is 21.7. The molecule has 0 nitrogen and oxygen atoms in total. The summed E-state index contributed by atoms with van der Waals surface area (Å²) in [6, 6.07) is 3.43. The van der Waals surface area contributed by atoms with Gasteiger partial charge in [0.2, 0.25) is 0 Å². The molecule has 0 aromatic carbocycles. The molecule has 278 valence electrons. The van der Waals surface area contributed by atoms with Crippen LogP contribution in [0.25, 0.3) is 0 Å². The van der Waals surface area contributed by atoms with Crippen molar-refractivity contribution in [1.82, 2.24) is 0 Å². The van der Waals surface area contributed by atoms with Gasteiger partial charge in [-0.05, 0) is 65.7 Å². The summed E-state index contributed by atoms with van der Waals surface area (Å²) < 4.78 is 0. The third kappa shape index (κ3) is 10.3. The predicted molar refractivity (Wildman–Crippen MR) is 231 cm³/mol. The minimum Gasteiger partial charge on any atom is -0.0817 e. The Hall–Kier alpha value is 1.83. The van der Waals surface area contributed by atoms with Crippen molar-refractivity contribution in [2.45, 2.75) is 251 Å². The van der Waals surface area contributed by atoms with Crippen LogP contribution in [0.2, 0.25) is 45.3 Å². The Morgan fingerprint density at radius 1 is 0.292 bits per heavy atom. The van der Waals surface area contributed by atoms with Crippen LogP contribution in [-0.2, 0) is 0 Å². The Morgan fingerprint density at radius 3 is 0.708 bits per heavy atom. The van der Waals surface area contributed by atoms with E-state index in [1.807, 2.05) is 0 Å². The van der Waals surface area contributed by atoms with E-state index < -0.39 is 16.1 Å². The number of rotatable bonds is 17. The average Bonchev–Trinajstić information content (AvgIpc) is 3.18. The van der Waals surface area contributed by atoms with Gasteiger partial charge in [0.25, 0.3) is 0 Å². The highest BCUT2D eigenvalue weighted by atomic mass is 33.7. The third-order valence-corrected chi connectivity index (χ3v) is 37.6. The zero-order valence-electron chi connectivity index (χ0n) is 31.6. The topological polar surface area (TPSA) is 0 Å². The first-order valence-corrected chi connectivity index (χ1v) is 32.4. The van der Waals surface area contributed by atoms with E-state index in [2.05, 4.69) is 41.2 Å². The molecule has 0 N–H and O–H groups in total. The van der Waals surface area contributed by atoms with Crippen LogP contribution >= 0.6 is 41.2 Å². The normalized spacial score (nSPS) is 26.2. The van der Waals surface area contributed by atoms with Gasteiger partial charge >= 0.3 is 0 Å². The predicted octanol–water partition coefficient (Wildman–Crippen LogP) is 17.3. The molecule has 6 rings (SSSR count). The molecule has 0 heterocycles. The summed E-state index contributed by atoms with van der Waals surface area (Å²) in [5, 5.41) is 0. The molecule has 6 fully saturated rings. The molecule has 0 spiro atoms. The van der Waals surface area contributed by atoms with Gasteiger partial charge in [-0.15, -0.1) is 0 Å². The molecular weight excluding hydrogens is 689 g/mol.